The number of rotatable bonds is 4. The molecule has 0 aliphatic carbocycles. The van der Waals surface area contributed by atoms with Crippen LogP contribution in [0.25, 0.3) is 0 Å². The Labute approximate surface area is 103 Å². The molecule has 17 heavy (non-hydrogen) atoms. The van der Waals surface area contributed by atoms with Crippen LogP contribution in [0.5, 0.6) is 11.5 Å². The van der Waals surface area contributed by atoms with Gasteiger partial charge in [-0.05, 0) is 37.9 Å². The first-order valence-electron chi connectivity index (χ1n) is 6.23. The van der Waals surface area contributed by atoms with Crippen LogP contribution in [0.15, 0.2) is 18.2 Å². The van der Waals surface area contributed by atoms with Crippen molar-refractivity contribution in [2.45, 2.75) is 31.7 Å². The lowest BCUT2D eigenvalue weighted by Crippen LogP contribution is -2.36. The Morgan fingerprint density at radius 3 is 2.65 bits per heavy atom. The third-order valence-electron chi connectivity index (χ3n) is 3.77. The van der Waals surface area contributed by atoms with Crippen molar-refractivity contribution in [2.24, 2.45) is 0 Å². The van der Waals surface area contributed by atoms with Crippen molar-refractivity contribution in [3.8, 4) is 11.5 Å². The molecule has 1 N–H and O–H groups in total. The molecule has 0 aromatic heterocycles. The summed E-state index contributed by atoms with van der Waals surface area (Å²) < 4.78 is 10.7. The zero-order chi connectivity index (χ0) is 12.3. The van der Waals surface area contributed by atoms with Crippen LogP contribution >= 0.6 is 0 Å². The maximum Gasteiger partial charge on any atom is 0.127 e. The summed E-state index contributed by atoms with van der Waals surface area (Å²) >= 11 is 0. The summed E-state index contributed by atoms with van der Waals surface area (Å²) in [5.74, 6) is 1.76. The second kappa shape index (κ2) is 4.96. The minimum absolute atomic E-state index is 0.0810. The van der Waals surface area contributed by atoms with Gasteiger partial charge in [0.05, 0.1) is 14.2 Å². The first kappa shape index (κ1) is 12.2. The van der Waals surface area contributed by atoms with Crippen molar-refractivity contribution in [3.05, 3.63) is 23.8 Å². The van der Waals surface area contributed by atoms with Gasteiger partial charge in [-0.1, -0.05) is 6.92 Å². The van der Waals surface area contributed by atoms with Gasteiger partial charge in [-0.3, -0.25) is 0 Å². The zero-order valence-corrected chi connectivity index (χ0v) is 10.9. The molecule has 94 valence electrons. The van der Waals surface area contributed by atoms with E-state index in [-0.39, 0.29) is 5.54 Å². The van der Waals surface area contributed by atoms with E-state index in [1.165, 1.54) is 18.4 Å². The Bertz CT molecular complexity index is 384. The lowest BCUT2D eigenvalue weighted by Gasteiger charge is -2.30. The number of hydrogen-bond acceptors (Lipinski definition) is 3. The van der Waals surface area contributed by atoms with Crippen molar-refractivity contribution >= 4 is 0 Å². The number of methoxy groups -OCH3 is 2. The molecule has 1 aliphatic heterocycles. The minimum Gasteiger partial charge on any atom is -0.497 e. The second-order valence-corrected chi connectivity index (χ2v) is 4.53. The molecule has 1 fully saturated rings. The summed E-state index contributed by atoms with van der Waals surface area (Å²) in [7, 11) is 3.40. The van der Waals surface area contributed by atoms with Gasteiger partial charge in [0.2, 0.25) is 0 Å². The molecule has 0 radical (unpaired) electrons. The molecule has 1 unspecified atom stereocenters. The predicted molar refractivity (Wildman–Crippen MR) is 68.8 cm³/mol. The Balaban J connectivity index is 2.42. The van der Waals surface area contributed by atoms with Crippen molar-refractivity contribution in [3.63, 3.8) is 0 Å². The smallest absolute Gasteiger partial charge is 0.127 e. The average molecular weight is 235 g/mol. The third-order valence-corrected chi connectivity index (χ3v) is 3.77. The van der Waals surface area contributed by atoms with E-state index in [1.807, 2.05) is 12.1 Å². The normalized spacial score (nSPS) is 23.7. The van der Waals surface area contributed by atoms with Crippen LogP contribution < -0.4 is 14.8 Å². The molecule has 3 nitrogen and oxygen atoms in total. The molecular formula is C14H21NO2. The molecule has 1 aromatic carbocycles. The van der Waals surface area contributed by atoms with E-state index in [0.717, 1.165) is 24.5 Å². The first-order valence-corrected chi connectivity index (χ1v) is 6.23. The Morgan fingerprint density at radius 2 is 2.12 bits per heavy atom. The summed E-state index contributed by atoms with van der Waals surface area (Å²) in [6.45, 7) is 3.31. The van der Waals surface area contributed by atoms with Crippen LogP contribution in [0, 0.1) is 0 Å². The molecule has 1 atom stereocenters. The Morgan fingerprint density at radius 1 is 1.29 bits per heavy atom. The summed E-state index contributed by atoms with van der Waals surface area (Å²) in [6.07, 6.45) is 3.48. The summed E-state index contributed by atoms with van der Waals surface area (Å²) in [4.78, 5) is 0. The molecule has 1 heterocycles. The molecular weight excluding hydrogens is 214 g/mol. The molecule has 0 spiro atoms. The van der Waals surface area contributed by atoms with Crippen LogP contribution in [-0.2, 0) is 5.54 Å². The van der Waals surface area contributed by atoms with E-state index < -0.39 is 0 Å². The standard InChI is InChI=1S/C14H21NO2/c1-4-14(8-5-9-15-14)12-7-6-11(16-2)10-13(12)17-3/h6-7,10,15H,4-5,8-9H2,1-3H3. The van der Waals surface area contributed by atoms with Gasteiger partial charge in [0.25, 0.3) is 0 Å². The van der Waals surface area contributed by atoms with Crippen LogP contribution in [0.1, 0.15) is 31.7 Å². The van der Waals surface area contributed by atoms with E-state index in [2.05, 4.69) is 18.3 Å². The van der Waals surface area contributed by atoms with Gasteiger partial charge < -0.3 is 14.8 Å². The highest BCUT2D eigenvalue weighted by molar-refractivity contribution is 5.45. The lowest BCUT2D eigenvalue weighted by atomic mass is 9.85. The largest absolute Gasteiger partial charge is 0.497 e. The molecule has 0 saturated carbocycles. The predicted octanol–water partition coefficient (Wildman–Crippen LogP) is 2.69. The summed E-state index contributed by atoms with van der Waals surface area (Å²) in [6, 6.07) is 6.10. The van der Waals surface area contributed by atoms with Crippen LogP contribution in [0.3, 0.4) is 0 Å². The molecule has 3 heteroatoms. The quantitative estimate of drug-likeness (QED) is 0.870. The van der Waals surface area contributed by atoms with E-state index in [0.29, 0.717) is 0 Å². The van der Waals surface area contributed by atoms with Crippen molar-refractivity contribution in [2.75, 3.05) is 20.8 Å². The average Bonchev–Trinajstić information content (AvgIpc) is 2.87. The van der Waals surface area contributed by atoms with Crippen LogP contribution in [-0.4, -0.2) is 20.8 Å². The fourth-order valence-corrected chi connectivity index (χ4v) is 2.72. The van der Waals surface area contributed by atoms with Gasteiger partial charge in [0.1, 0.15) is 11.5 Å². The minimum atomic E-state index is 0.0810. The molecule has 0 amide bonds. The Kier molecular flexibility index (Phi) is 3.57. The molecule has 1 saturated heterocycles. The van der Waals surface area contributed by atoms with Gasteiger partial charge in [-0.25, -0.2) is 0 Å². The van der Waals surface area contributed by atoms with Gasteiger partial charge in [-0.2, -0.15) is 0 Å². The highest BCUT2D eigenvalue weighted by Crippen LogP contribution is 2.40. The highest BCUT2D eigenvalue weighted by atomic mass is 16.5. The SMILES string of the molecule is CCC1(c2ccc(OC)cc2OC)CCCN1. The van der Waals surface area contributed by atoms with Gasteiger partial charge in [0.15, 0.2) is 0 Å². The maximum atomic E-state index is 5.51. The Hall–Kier alpha value is -1.22. The van der Waals surface area contributed by atoms with Gasteiger partial charge >= 0.3 is 0 Å². The number of benzene rings is 1. The monoisotopic (exact) mass is 235 g/mol. The summed E-state index contributed by atoms with van der Waals surface area (Å²) in [5, 5.41) is 3.63. The van der Waals surface area contributed by atoms with Crippen LogP contribution in [0.2, 0.25) is 0 Å². The van der Waals surface area contributed by atoms with E-state index in [1.54, 1.807) is 14.2 Å². The van der Waals surface area contributed by atoms with Crippen molar-refractivity contribution in [1.82, 2.24) is 5.32 Å². The lowest BCUT2D eigenvalue weighted by molar-refractivity contribution is 0.338. The number of nitrogens with one attached hydrogen (secondary N) is 1. The van der Waals surface area contributed by atoms with Crippen molar-refractivity contribution < 1.29 is 9.47 Å². The maximum absolute atomic E-state index is 5.51. The van der Waals surface area contributed by atoms with Crippen molar-refractivity contribution in [1.29, 1.82) is 0 Å². The first-order chi connectivity index (χ1) is 8.25. The fraction of sp³-hybridized carbons (Fsp3) is 0.571. The van der Waals surface area contributed by atoms with E-state index >= 15 is 0 Å². The molecule has 1 aliphatic rings. The van der Waals surface area contributed by atoms with E-state index in [4.69, 9.17) is 9.47 Å². The van der Waals surface area contributed by atoms with Gasteiger partial charge in [0, 0.05) is 17.2 Å². The number of hydrogen-bond donors (Lipinski definition) is 1. The fourth-order valence-electron chi connectivity index (χ4n) is 2.72. The molecule has 0 bridgehead atoms. The third kappa shape index (κ3) is 2.12. The van der Waals surface area contributed by atoms with Crippen LogP contribution in [0.4, 0.5) is 0 Å². The molecule has 2 rings (SSSR count). The second-order valence-electron chi connectivity index (χ2n) is 4.53. The highest BCUT2D eigenvalue weighted by Gasteiger charge is 2.35. The topological polar surface area (TPSA) is 30.5 Å². The zero-order valence-electron chi connectivity index (χ0n) is 10.9. The summed E-state index contributed by atoms with van der Waals surface area (Å²) in [5.41, 5.74) is 1.33. The molecule has 1 aromatic rings. The van der Waals surface area contributed by atoms with E-state index in [9.17, 15) is 0 Å². The van der Waals surface area contributed by atoms with Gasteiger partial charge in [-0.15, -0.1) is 0 Å². The number of ether oxygens (including phenoxy) is 2.